The van der Waals surface area contributed by atoms with Gasteiger partial charge in [-0.05, 0) is 36.5 Å². The largest absolute Gasteiger partial charge is 0.486 e. The number of sulfonamides is 1. The van der Waals surface area contributed by atoms with Crippen molar-refractivity contribution in [3.63, 3.8) is 0 Å². The summed E-state index contributed by atoms with van der Waals surface area (Å²) in [5.41, 5.74) is 1.49. The molecule has 2 aromatic rings. The van der Waals surface area contributed by atoms with E-state index >= 15 is 0 Å². The first-order valence-electron chi connectivity index (χ1n) is 9.29. The average molecular weight is 390 g/mol. The summed E-state index contributed by atoms with van der Waals surface area (Å²) in [5, 5.41) is 4.26. The van der Waals surface area contributed by atoms with E-state index in [2.05, 4.69) is 18.9 Å². The second-order valence-corrected chi connectivity index (χ2v) is 11.0. The number of aromatic nitrogens is 2. The minimum atomic E-state index is -3.64. The van der Waals surface area contributed by atoms with Crippen LogP contribution in [0.3, 0.4) is 0 Å². The number of fused-ring (bicyclic) bond motifs is 1. The number of nitrogens with zero attached hydrogens (tertiary/aromatic N) is 3. The van der Waals surface area contributed by atoms with E-state index in [0.29, 0.717) is 18.8 Å². The standard InChI is InChI=1S/C20H27N3O3S/c1-19(2)13-23(12-16(19)15-10-21-22(5)11-15)27(24,25)17-8-6-7-14-9-20(3,4)26-18(14)17/h6-8,10-11,16H,9,12-13H2,1-5H3. The van der Waals surface area contributed by atoms with E-state index in [1.807, 2.05) is 45.4 Å². The maximum atomic E-state index is 13.5. The number of hydrogen-bond acceptors (Lipinski definition) is 4. The quantitative estimate of drug-likeness (QED) is 0.810. The molecule has 2 aliphatic rings. The predicted molar refractivity (Wildman–Crippen MR) is 103 cm³/mol. The molecule has 2 aliphatic heterocycles. The van der Waals surface area contributed by atoms with E-state index in [-0.39, 0.29) is 21.8 Å². The van der Waals surface area contributed by atoms with Crippen molar-refractivity contribution in [2.75, 3.05) is 13.1 Å². The predicted octanol–water partition coefficient (Wildman–Crippen LogP) is 2.95. The lowest BCUT2D eigenvalue weighted by atomic mass is 9.79. The molecule has 0 radical (unpaired) electrons. The third-order valence-corrected chi connectivity index (χ3v) is 7.55. The van der Waals surface area contributed by atoms with Gasteiger partial charge in [0.2, 0.25) is 10.0 Å². The van der Waals surface area contributed by atoms with Gasteiger partial charge < -0.3 is 4.74 Å². The van der Waals surface area contributed by atoms with Crippen LogP contribution < -0.4 is 4.74 Å². The number of rotatable bonds is 3. The van der Waals surface area contributed by atoms with Gasteiger partial charge in [-0.15, -0.1) is 0 Å². The number of benzene rings is 1. The molecule has 1 fully saturated rings. The molecule has 0 aliphatic carbocycles. The molecule has 0 bridgehead atoms. The van der Waals surface area contributed by atoms with Crippen LogP contribution in [0.1, 0.15) is 44.7 Å². The zero-order valence-corrected chi connectivity index (χ0v) is 17.4. The molecule has 0 amide bonds. The van der Waals surface area contributed by atoms with Crippen LogP contribution in [-0.4, -0.2) is 41.2 Å². The van der Waals surface area contributed by atoms with Crippen molar-refractivity contribution in [3.05, 3.63) is 41.7 Å². The van der Waals surface area contributed by atoms with Gasteiger partial charge in [0, 0.05) is 38.7 Å². The smallest absolute Gasteiger partial charge is 0.246 e. The summed E-state index contributed by atoms with van der Waals surface area (Å²) in [4.78, 5) is 0.285. The van der Waals surface area contributed by atoms with E-state index < -0.39 is 10.0 Å². The van der Waals surface area contributed by atoms with Gasteiger partial charge in [-0.1, -0.05) is 26.0 Å². The van der Waals surface area contributed by atoms with Crippen LogP contribution >= 0.6 is 0 Å². The Labute approximate surface area is 161 Å². The summed E-state index contributed by atoms with van der Waals surface area (Å²) >= 11 is 0. The average Bonchev–Trinajstić information content (AvgIpc) is 3.19. The highest BCUT2D eigenvalue weighted by Gasteiger charge is 2.47. The van der Waals surface area contributed by atoms with Crippen LogP contribution in [0.2, 0.25) is 0 Å². The van der Waals surface area contributed by atoms with Gasteiger partial charge in [-0.3, -0.25) is 4.68 Å². The van der Waals surface area contributed by atoms with Crippen molar-refractivity contribution in [2.24, 2.45) is 12.5 Å². The highest BCUT2D eigenvalue weighted by Crippen LogP contribution is 2.46. The van der Waals surface area contributed by atoms with Crippen LogP contribution in [0.5, 0.6) is 5.75 Å². The summed E-state index contributed by atoms with van der Waals surface area (Å²) in [7, 11) is -1.76. The monoisotopic (exact) mass is 389 g/mol. The van der Waals surface area contributed by atoms with Crippen molar-refractivity contribution in [2.45, 2.75) is 50.5 Å². The fourth-order valence-electron chi connectivity index (χ4n) is 4.37. The lowest BCUT2D eigenvalue weighted by Gasteiger charge is -2.24. The topological polar surface area (TPSA) is 64.4 Å². The number of para-hydroxylation sites is 1. The van der Waals surface area contributed by atoms with Gasteiger partial charge in [0.15, 0.2) is 0 Å². The van der Waals surface area contributed by atoms with E-state index in [1.54, 1.807) is 15.1 Å². The first-order chi connectivity index (χ1) is 12.5. The Balaban J connectivity index is 1.70. The second-order valence-electron chi connectivity index (χ2n) is 9.07. The van der Waals surface area contributed by atoms with Gasteiger partial charge in [-0.2, -0.15) is 9.40 Å². The van der Waals surface area contributed by atoms with Crippen LogP contribution in [0.15, 0.2) is 35.5 Å². The van der Waals surface area contributed by atoms with Crippen LogP contribution in [0.4, 0.5) is 0 Å². The Morgan fingerprint density at radius 2 is 1.96 bits per heavy atom. The molecule has 3 heterocycles. The highest BCUT2D eigenvalue weighted by molar-refractivity contribution is 7.89. The Bertz CT molecular complexity index is 992. The lowest BCUT2D eigenvalue weighted by Crippen LogP contribution is -2.31. The first kappa shape index (κ1) is 18.5. The fourth-order valence-corrected chi connectivity index (χ4v) is 6.15. The molecular weight excluding hydrogens is 362 g/mol. The molecular formula is C20H27N3O3S. The maximum Gasteiger partial charge on any atom is 0.246 e. The third kappa shape index (κ3) is 3.06. The lowest BCUT2D eigenvalue weighted by molar-refractivity contribution is 0.135. The number of ether oxygens (including phenoxy) is 1. The van der Waals surface area contributed by atoms with Crippen LogP contribution in [-0.2, 0) is 23.5 Å². The fraction of sp³-hybridized carbons (Fsp3) is 0.550. The molecule has 27 heavy (non-hydrogen) atoms. The Hall–Kier alpha value is -1.86. The third-order valence-electron chi connectivity index (χ3n) is 5.71. The Morgan fingerprint density at radius 3 is 2.63 bits per heavy atom. The zero-order valence-electron chi connectivity index (χ0n) is 16.6. The number of aryl methyl sites for hydroxylation is 1. The second kappa shape index (κ2) is 5.82. The molecule has 1 atom stereocenters. The maximum absolute atomic E-state index is 13.5. The van der Waals surface area contributed by atoms with E-state index in [4.69, 9.17) is 4.74 Å². The van der Waals surface area contributed by atoms with Crippen molar-refractivity contribution in [1.82, 2.24) is 14.1 Å². The van der Waals surface area contributed by atoms with E-state index in [9.17, 15) is 8.42 Å². The van der Waals surface area contributed by atoms with Crippen molar-refractivity contribution >= 4 is 10.0 Å². The van der Waals surface area contributed by atoms with Gasteiger partial charge >= 0.3 is 0 Å². The Kier molecular flexibility index (Phi) is 3.99. The summed E-state index contributed by atoms with van der Waals surface area (Å²) in [6.45, 7) is 9.14. The molecule has 146 valence electrons. The first-order valence-corrected chi connectivity index (χ1v) is 10.7. The molecule has 0 N–H and O–H groups in total. The molecule has 1 aromatic heterocycles. The molecule has 0 saturated carbocycles. The van der Waals surface area contributed by atoms with Crippen LogP contribution in [0, 0.1) is 5.41 Å². The molecule has 1 unspecified atom stereocenters. The normalized spacial score (nSPS) is 24.0. The van der Waals surface area contributed by atoms with Crippen LogP contribution in [0.25, 0.3) is 0 Å². The van der Waals surface area contributed by atoms with E-state index in [0.717, 1.165) is 17.5 Å². The van der Waals surface area contributed by atoms with E-state index in [1.165, 1.54) is 0 Å². The zero-order chi connectivity index (χ0) is 19.6. The van der Waals surface area contributed by atoms with Crippen molar-refractivity contribution in [3.8, 4) is 5.75 Å². The molecule has 1 aromatic carbocycles. The SMILES string of the molecule is Cn1cc(C2CN(S(=O)(=O)c3cccc4c3OC(C)(C)C4)CC2(C)C)cn1. The van der Waals surface area contributed by atoms with Gasteiger partial charge in [-0.25, -0.2) is 8.42 Å². The summed E-state index contributed by atoms with van der Waals surface area (Å²) in [6.07, 6.45) is 4.54. The summed E-state index contributed by atoms with van der Waals surface area (Å²) < 4.78 is 36.4. The van der Waals surface area contributed by atoms with Crippen molar-refractivity contribution < 1.29 is 13.2 Å². The molecule has 7 heteroatoms. The molecule has 6 nitrogen and oxygen atoms in total. The molecule has 1 saturated heterocycles. The summed E-state index contributed by atoms with van der Waals surface area (Å²) in [6, 6.07) is 5.44. The van der Waals surface area contributed by atoms with Gasteiger partial charge in [0.1, 0.15) is 16.2 Å². The number of hydrogen-bond donors (Lipinski definition) is 0. The van der Waals surface area contributed by atoms with Crippen molar-refractivity contribution in [1.29, 1.82) is 0 Å². The highest BCUT2D eigenvalue weighted by atomic mass is 32.2. The Morgan fingerprint density at radius 1 is 1.22 bits per heavy atom. The van der Waals surface area contributed by atoms with Gasteiger partial charge in [0.05, 0.1) is 6.20 Å². The molecule has 4 rings (SSSR count). The minimum Gasteiger partial charge on any atom is -0.486 e. The minimum absolute atomic E-state index is 0.107. The molecule has 0 spiro atoms. The summed E-state index contributed by atoms with van der Waals surface area (Å²) in [5.74, 6) is 0.625. The van der Waals surface area contributed by atoms with Gasteiger partial charge in [0.25, 0.3) is 0 Å².